The first kappa shape index (κ1) is 50.5. The molecule has 5 heteroatoms. The van der Waals surface area contributed by atoms with E-state index >= 15 is 0 Å². The minimum absolute atomic E-state index is 0.0139. The monoisotopic (exact) mass is 1070 g/mol. The predicted molar refractivity (Wildman–Crippen MR) is 335 cm³/mol. The fraction of sp³-hybridized carbons (Fsp3) is 0.222. The number of fused-ring (bicyclic) bond motifs is 6. The van der Waals surface area contributed by atoms with Crippen molar-refractivity contribution in [3.05, 3.63) is 229 Å². The molecule has 0 N–H and O–H groups in total. The van der Waals surface area contributed by atoms with Gasteiger partial charge in [0.15, 0.2) is 0 Å². The molecule has 0 unspecified atom stereocenters. The van der Waals surface area contributed by atoms with Gasteiger partial charge in [-0.3, -0.25) is 0 Å². The van der Waals surface area contributed by atoms with E-state index in [1.165, 1.54) is 97.9 Å². The molecule has 3 nitrogen and oxygen atoms in total. The molecule has 12 rings (SSSR count). The van der Waals surface area contributed by atoms with Crippen LogP contribution in [0.15, 0.2) is 206 Å². The van der Waals surface area contributed by atoms with Gasteiger partial charge >= 0.3 is 426 Å². The standard InChI is InChI=1S/C72H70BN3Se/c1-69(2,3)48-28-36-52(37-29-48)74(53-38-30-49(31-39-53)70(4,5)6)56-44-45-61-64(46-56)75(54-40-32-50(33-41-54)71(7,8)9)62-26-19-27-63-65(62)73(61)68-66(76(63)55-42-34-51(35-43-55)72(10,11)12)60-25-18-24-59(67(60)77-68)58-23-17-16-22-57(58)47-20-14-13-15-21-47/h13-46H,1-12H3. The first-order valence-corrected chi connectivity index (χ1v) is 29.2. The molecule has 2 aliphatic heterocycles. The molecule has 382 valence electrons. The molecular weight excluding hydrogens is 997 g/mol. The van der Waals surface area contributed by atoms with Gasteiger partial charge in [0.2, 0.25) is 0 Å². The maximum atomic E-state index is 2.63. The summed E-state index contributed by atoms with van der Waals surface area (Å²) in [6, 6.07) is 78.8. The molecule has 0 fully saturated rings. The van der Waals surface area contributed by atoms with Crippen molar-refractivity contribution in [2.45, 2.75) is 105 Å². The van der Waals surface area contributed by atoms with Gasteiger partial charge in [-0.15, -0.1) is 0 Å². The zero-order valence-corrected chi connectivity index (χ0v) is 48.7. The Balaban J connectivity index is 1.13. The third-order valence-corrected chi connectivity index (χ3v) is 18.8. The summed E-state index contributed by atoms with van der Waals surface area (Å²) in [7, 11) is 0. The maximum absolute atomic E-state index is 2.63. The molecule has 77 heavy (non-hydrogen) atoms. The van der Waals surface area contributed by atoms with Crippen molar-refractivity contribution in [1.82, 2.24) is 0 Å². The molecule has 3 heterocycles. The molecule has 2 aliphatic rings. The van der Waals surface area contributed by atoms with Crippen molar-refractivity contribution in [3.8, 4) is 22.3 Å². The molecule has 0 saturated heterocycles. The summed E-state index contributed by atoms with van der Waals surface area (Å²) in [5.41, 5.74) is 23.9. The molecule has 0 bridgehead atoms. The Morgan fingerprint density at radius 3 is 1.35 bits per heavy atom. The van der Waals surface area contributed by atoms with Crippen LogP contribution in [0, 0.1) is 0 Å². The van der Waals surface area contributed by atoms with Crippen LogP contribution in [-0.2, 0) is 21.7 Å². The van der Waals surface area contributed by atoms with Gasteiger partial charge in [0.05, 0.1) is 0 Å². The molecule has 0 radical (unpaired) electrons. The van der Waals surface area contributed by atoms with E-state index in [9.17, 15) is 0 Å². The number of anilines is 9. The molecular formula is C72H70BN3Se. The van der Waals surface area contributed by atoms with Crippen molar-refractivity contribution < 1.29 is 0 Å². The third-order valence-electron chi connectivity index (χ3n) is 16.1. The average Bonchev–Trinajstić information content (AvgIpc) is 3.81. The SMILES string of the molecule is CC(C)(C)c1ccc(N(c2ccc(C(C)(C)C)cc2)c2ccc3c(c2)N(c2ccc(C(C)(C)C)cc2)c2cccc4c2B3c2[se]c3c(-c5ccccc5-c5ccccc5)cccc3c2N4c2ccc(C(C)(C)C)cc2)cc1. The van der Waals surface area contributed by atoms with Crippen LogP contribution in [0.5, 0.6) is 0 Å². The van der Waals surface area contributed by atoms with Gasteiger partial charge < -0.3 is 0 Å². The van der Waals surface area contributed by atoms with Crippen molar-refractivity contribution in [1.29, 1.82) is 0 Å². The number of rotatable bonds is 7. The summed E-state index contributed by atoms with van der Waals surface area (Å²) in [4.78, 5) is 7.67. The van der Waals surface area contributed by atoms with Crippen LogP contribution in [-0.4, -0.2) is 21.2 Å². The van der Waals surface area contributed by atoms with Crippen molar-refractivity contribution in [2.75, 3.05) is 14.7 Å². The minimum atomic E-state index is -0.0355. The zero-order chi connectivity index (χ0) is 53.8. The van der Waals surface area contributed by atoms with Crippen molar-refractivity contribution in [3.63, 3.8) is 0 Å². The van der Waals surface area contributed by atoms with Crippen LogP contribution < -0.4 is 30.0 Å². The van der Waals surface area contributed by atoms with Gasteiger partial charge in [-0.1, -0.05) is 41.5 Å². The van der Waals surface area contributed by atoms with Gasteiger partial charge in [0, 0.05) is 0 Å². The Morgan fingerprint density at radius 1 is 0.377 bits per heavy atom. The number of hydrogen-bond acceptors (Lipinski definition) is 3. The summed E-state index contributed by atoms with van der Waals surface area (Å²) in [5, 5.41) is 1.33. The second kappa shape index (κ2) is 18.7. The van der Waals surface area contributed by atoms with Gasteiger partial charge in [0.25, 0.3) is 0 Å². The van der Waals surface area contributed by atoms with Crippen LogP contribution in [0.25, 0.3) is 31.9 Å². The van der Waals surface area contributed by atoms with Crippen LogP contribution >= 0.6 is 0 Å². The van der Waals surface area contributed by atoms with Crippen LogP contribution in [0.2, 0.25) is 0 Å². The van der Waals surface area contributed by atoms with Crippen molar-refractivity contribution in [2.24, 2.45) is 0 Å². The summed E-state index contributed by atoms with van der Waals surface area (Å²) >= 11 is -0.0355. The second-order valence-electron chi connectivity index (χ2n) is 25.5. The normalized spacial score (nSPS) is 13.4. The van der Waals surface area contributed by atoms with E-state index in [4.69, 9.17) is 0 Å². The van der Waals surface area contributed by atoms with Gasteiger partial charge in [0.1, 0.15) is 0 Å². The van der Waals surface area contributed by atoms with Crippen LogP contribution in [0.4, 0.5) is 51.2 Å². The molecule has 1 aromatic heterocycles. The molecule has 0 aliphatic carbocycles. The molecule has 0 spiro atoms. The topological polar surface area (TPSA) is 9.72 Å². The summed E-state index contributed by atoms with van der Waals surface area (Å²) in [6.07, 6.45) is 0. The van der Waals surface area contributed by atoms with E-state index in [0.717, 1.165) is 22.7 Å². The molecule has 0 saturated carbocycles. The Kier molecular flexibility index (Phi) is 12.3. The van der Waals surface area contributed by atoms with E-state index in [0.29, 0.717) is 0 Å². The zero-order valence-electron chi connectivity index (χ0n) is 47.0. The van der Waals surface area contributed by atoms with Gasteiger partial charge in [-0.2, -0.15) is 0 Å². The average molecular weight is 1070 g/mol. The fourth-order valence-electron chi connectivity index (χ4n) is 11.8. The Hall–Kier alpha value is -7.30. The van der Waals surface area contributed by atoms with Crippen LogP contribution in [0.1, 0.15) is 105 Å². The molecule has 0 atom stereocenters. The van der Waals surface area contributed by atoms with Gasteiger partial charge in [-0.25, -0.2) is 0 Å². The van der Waals surface area contributed by atoms with E-state index in [1.807, 2.05) is 0 Å². The number of hydrogen-bond donors (Lipinski definition) is 0. The van der Waals surface area contributed by atoms with Crippen molar-refractivity contribution >= 4 is 97.3 Å². The molecule has 10 aromatic rings. The van der Waals surface area contributed by atoms with E-state index in [2.05, 4.69) is 304 Å². The van der Waals surface area contributed by atoms with E-state index < -0.39 is 0 Å². The Morgan fingerprint density at radius 2 is 0.818 bits per heavy atom. The summed E-state index contributed by atoms with van der Waals surface area (Å²) in [6.45, 7) is 27.6. The quantitative estimate of drug-likeness (QED) is 0.147. The van der Waals surface area contributed by atoms with Crippen LogP contribution in [0.3, 0.4) is 0 Å². The third kappa shape index (κ3) is 8.96. The summed E-state index contributed by atoms with van der Waals surface area (Å²) < 4.78 is 2.95. The van der Waals surface area contributed by atoms with Gasteiger partial charge in [-0.05, 0) is 0 Å². The molecule has 9 aromatic carbocycles. The molecule has 0 amide bonds. The Bertz CT molecular complexity index is 3770. The Labute approximate surface area is 464 Å². The predicted octanol–water partition coefficient (Wildman–Crippen LogP) is 18.0. The second-order valence-corrected chi connectivity index (χ2v) is 27.7. The van der Waals surface area contributed by atoms with E-state index in [1.54, 1.807) is 0 Å². The first-order valence-electron chi connectivity index (χ1n) is 27.5. The summed E-state index contributed by atoms with van der Waals surface area (Å²) in [5.74, 6) is 0. The fourth-order valence-corrected chi connectivity index (χ4v) is 14.8. The number of nitrogens with zero attached hydrogens (tertiary/aromatic N) is 3. The first-order chi connectivity index (χ1) is 36.7. The van der Waals surface area contributed by atoms with E-state index in [-0.39, 0.29) is 42.9 Å². The number of benzene rings is 9.